The van der Waals surface area contributed by atoms with Gasteiger partial charge in [0.05, 0.1) is 12.2 Å². The van der Waals surface area contributed by atoms with Crippen LogP contribution in [0.15, 0.2) is 18.3 Å². The molecule has 1 fully saturated rings. The quantitative estimate of drug-likeness (QED) is 0.789. The van der Waals surface area contributed by atoms with Crippen molar-refractivity contribution in [1.82, 2.24) is 4.98 Å². The fourth-order valence-corrected chi connectivity index (χ4v) is 1.73. The van der Waals surface area contributed by atoms with Gasteiger partial charge in [-0.25, -0.2) is 13.8 Å². The summed E-state index contributed by atoms with van der Waals surface area (Å²) in [6, 6.07) is 2.69. The number of nitrogens with one attached hydrogen (secondary N) is 1. The molecule has 0 radical (unpaired) electrons. The Morgan fingerprint density at radius 3 is 2.79 bits per heavy atom. The molecule has 0 aliphatic heterocycles. The normalized spacial score (nSPS) is 26.4. The summed E-state index contributed by atoms with van der Waals surface area (Å²) in [5.74, 6) is 0.166. The Kier molecular flexibility index (Phi) is 2.61. The van der Waals surface area contributed by atoms with Crippen molar-refractivity contribution in [2.45, 2.75) is 31.5 Å². The SMILES string of the molecule is Fc1ccc(N[C@H]2CCC[C@H]2F)nc1. The van der Waals surface area contributed by atoms with E-state index in [2.05, 4.69) is 10.3 Å². The van der Waals surface area contributed by atoms with Gasteiger partial charge in [0, 0.05) is 0 Å². The van der Waals surface area contributed by atoms with Crippen LogP contribution in [0.5, 0.6) is 0 Å². The van der Waals surface area contributed by atoms with Crippen LogP contribution in [-0.2, 0) is 0 Å². The molecule has 0 aromatic carbocycles. The molecule has 4 heteroatoms. The fraction of sp³-hybridized carbons (Fsp3) is 0.500. The summed E-state index contributed by atoms with van der Waals surface area (Å²) in [6.07, 6.45) is 2.66. The van der Waals surface area contributed by atoms with E-state index in [1.54, 1.807) is 0 Å². The molecule has 0 amide bonds. The fourth-order valence-electron chi connectivity index (χ4n) is 1.73. The van der Waals surface area contributed by atoms with Gasteiger partial charge in [-0.05, 0) is 31.4 Å². The largest absolute Gasteiger partial charge is 0.364 e. The van der Waals surface area contributed by atoms with Crippen molar-refractivity contribution in [1.29, 1.82) is 0 Å². The highest BCUT2D eigenvalue weighted by Crippen LogP contribution is 2.24. The second-order valence-corrected chi connectivity index (χ2v) is 3.56. The van der Waals surface area contributed by atoms with Crippen molar-refractivity contribution < 1.29 is 8.78 Å². The first-order valence-electron chi connectivity index (χ1n) is 4.78. The van der Waals surface area contributed by atoms with Crippen molar-refractivity contribution in [2.75, 3.05) is 5.32 Å². The van der Waals surface area contributed by atoms with E-state index in [4.69, 9.17) is 0 Å². The maximum Gasteiger partial charge on any atom is 0.141 e. The van der Waals surface area contributed by atoms with Gasteiger partial charge < -0.3 is 5.32 Å². The molecule has 2 atom stereocenters. The number of nitrogens with zero attached hydrogens (tertiary/aromatic N) is 1. The maximum atomic E-state index is 13.2. The molecule has 1 N–H and O–H groups in total. The van der Waals surface area contributed by atoms with Crippen LogP contribution in [0.4, 0.5) is 14.6 Å². The number of anilines is 1. The van der Waals surface area contributed by atoms with Crippen molar-refractivity contribution in [2.24, 2.45) is 0 Å². The molecule has 1 aliphatic rings. The summed E-state index contributed by atoms with van der Waals surface area (Å²) >= 11 is 0. The van der Waals surface area contributed by atoms with E-state index in [0.717, 1.165) is 19.0 Å². The van der Waals surface area contributed by atoms with Gasteiger partial charge in [-0.2, -0.15) is 0 Å². The van der Waals surface area contributed by atoms with E-state index in [1.807, 2.05) is 0 Å². The number of aromatic nitrogens is 1. The lowest BCUT2D eigenvalue weighted by Crippen LogP contribution is -2.25. The third kappa shape index (κ3) is 2.00. The maximum absolute atomic E-state index is 13.2. The first-order chi connectivity index (χ1) is 6.75. The molecule has 1 heterocycles. The molecule has 1 aromatic heterocycles. The topological polar surface area (TPSA) is 24.9 Å². The molecule has 0 saturated heterocycles. The van der Waals surface area contributed by atoms with Crippen LogP contribution >= 0.6 is 0 Å². The Morgan fingerprint density at radius 2 is 2.21 bits per heavy atom. The smallest absolute Gasteiger partial charge is 0.141 e. The summed E-state index contributed by atoms with van der Waals surface area (Å²) in [7, 11) is 0. The molecule has 1 aromatic rings. The highest BCUT2D eigenvalue weighted by molar-refractivity contribution is 5.35. The molecule has 1 saturated carbocycles. The van der Waals surface area contributed by atoms with Crippen LogP contribution in [0.2, 0.25) is 0 Å². The van der Waals surface area contributed by atoms with Gasteiger partial charge in [0.2, 0.25) is 0 Å². The predicted octanol–water partition coefficient (Wildman–Crippen LogP) is 2.52. The molecule has 2 nitrogen and oxygen atoms in total. The standard InChI is InChI=1S/C10H12F2N2/c11-7-4-5-10(13-6-7)14-9-3-1-2-8(9)12/h4-6,8-9H,1-3H2,(H,13,14)/t8-,9+/m1/s1. The Bertz CT molecular complexity index is 299. The van der Waals surface area contributed by atoms with Gasteiger partial charge in [-0.15, -0.1) is 0 Å². The third-order valence-electron chi connectivity index (χ3n) is 2.49. The average Bonchev–Trinajstić information content (AvgIpc) is 2.56. The molecular weight excluding hydrogens is 186 g/mol. The highest BCUT2D eigenvalue weighted by atomic mass is 19.1. The lowest BCUT2D eigenvalue weighted by molar-refractivity contribution is 0.323. The van der Waals surface area contributed by atoms with E-state index in [9.17, 15) is 8.78 Å². The number of halogens is 2. The summed E-state index contributed by atoms with van der Waals surface area (Å²) < 4.78 is 25.7. The van der Waals surface area contributed by atoms with E-state index < -0.39 is 6.17 Å². The highest BCUT2D eigenvalue weighted by Gasteiger charge is 2.26. The second kappa shape index (κ2) is 3.90. The molecule has 0 unspecified atom stereocenters. The monoisotopic (exact) mass is 198 g/mol. The van der Waals surface area contributed by atoms with Crippen LogP contribution < -0.4 is 5.32 Å². The van der Waals surface area contributed by atoms with Crippen LogP contribution in [0, 0.1) is 5.82 Å². The molecule has 0 spiro atoms. The van der Waals surface area contributed by atoms with Gasteiger partial charge in [0.1, 0.15) is 17.8 Å². The van der Waals surface area contributed by atoms with Crippen molar-refractivity contribution >= 4 is 5.82 Å². The first-order valence-corrected chi connectivity index (χ1v) is 4.78. The van der Waals surface area contributed by atoms with Crippen LogP contribution in [0.1, 0.15) is 19.3 Å². The van der Waals surface area contributed by atoms with E-state index in [0.29, 0.717) is 12.2 Å². The van der Waals surface area contributed by atoms with Crippen LogP contribution in [0.25, 0.3) is 0 Å². The molecule has 2 rings (SSSR count). The minimum atomic E-state index is -0.804. The molecular formula is C10H12F2N2. The van der Waals surface area contributed by atoms with Gasteiger partial charge in [0.15, 0.2) is 0 Å². The van der Waals surface area contributed by atoms with E-state index >= 15 is 0 Å². The molecule has 14 heavy (non-hydrogen) atoms. The average molecular weight is 198 g/mol. The van der Waals surface area contributed by atoms with Crippen LogP contribution in [-0.4, -0.2) is 17.2 Å². The minimum Gasteiger partial charge on any atom is -0.364 e. The predicted molar refractivity (Wildman–Crippen MR) is 50.4 cm³/mol. The first kappa shape index (κ1) is 9.37. The van der Waals surface area contributed by atoms with Crippen LogP contribution in [0.3, 0.4) is 0 Å². The van der Waals surface area contributed by atoms with Gasteiger partial charge >= 0.3 is 0 Å². The lowest BCUT2D eigenvalue weighted by atomic mass is 10.2. The zero-order valence-electron chi connectivity index (χ0n) is 7.71. The summed E-state index contributed by atoms with van der Waals surface area (Å²) in [5, 5.41) is 2.97. The van der Waals surface area contributed by atoms with Crippen molar-refractivity contribution in [3.8, 4) is 0 Å². The Balaban J connectivity index is 2.00. The van der Waals surface area contributed by atoms with E-state index in [1.165, 1.54) is 12.1 Å². The Labute approximate surface area is 81.4 Å². The molecule has 76 valence electrons. The zero-order chi connectivity index (χ0) is 9.97. The second-order valence-electron chi connectivity index (χ2n) is 3.56. The minimum absolute atomic E-state index is 0.159. The lowest BCUT2D eigenvalue weighted by Gasteiger charge is -2.14. The van der Waals surface area contributed by atoms with E-state index in [-0.39, 0.29) is 11.9 Å². The number of pyridine rings is 1. The van der Waals surface area contributed by atoms with Gasteiger partial charge in [-0.1, -0.05) is 0 Å². The van der Waals surface area contributed by atoms with Crippen molar-refractivity contribution in [3.05, 3.63) is 24.1 Å². The summed E-state index contributed by atoms with van der Waals surface area (Å²) in [6.45, 7) is 0. The summed E-state index contributed by atoms with van der Waals surface area (Å²) in [5.41, 5.74) is 0. The number of alkyl halides is 1. The number of rotatable bonds is 2. The Hall–Kier alpha value is -1.19. The zero-order valence-corrected chi connectivity index (χ0v) is 7.71. The number of hydrogen-bond acceptors (Lipinski definition) is 2. The third-order valence-corrected chi connectivity index (χ3v) is 2.49. The number of hydrogen-bond donors (Lipinski definition) is 1. The summed E-state index contributed by atoms with van der Waals surface area (Å²) in [4.78, 5) is 3.82. The Morgan fingerprint density at radius 1 is 1.36 bits per heavy atom. The van der Waals surface area contributed by atoms with Gasteiger partial charge in [-0.3, -0.25) is 0 Å². The molecule has 1 aliphatic carbocycles. The molecule has 0 bridgehead atoms. The van der Waals surface area contributed by atoms with Crippen molar-refractivity contribution in [3.63, 3.8) is 0 Å². The van der Waals surface area contributed by atoms with Gasteiger partial charge in [0.25, 0.3) is 0 Å².